The highest BCUT2D eigenvalue weighted by molar-refractivity contribution is 6.33. The first kappa shape index (κ1) is 50.0. The number of fused-ring (bicyclic) bond motifs is 11. The van der Waals surface area contributed by atoms with E-state index < -0.39 is 0 Å². The van der Waals surface area contributed by atoms with E-state index in [0.717, 1.165) is 105 Å². The average Bonchev–Trinajstić information content (AvgIpc) is 1.49. The molecule has 16 aromatic carbocycles. The van der Waals surface area contributed by atoms with Crippen LogP contribution in [0.5, 0.6) is 0 Å². The van der Waals surface area contributed by atoms with Gasteiger partial charge in [0.15, 0.2) is 0 Å². The molecule has 0 N–H and O–H groups in total. The Bertz CT molecular complexity index is 5290. The molecule has 3 heteroatoms. The Balaban J connectivity index is 0.934. The van der Waals surface area contributed by atoms with Gasteiger partial charge >= 0.3 is 0 Å². The fourth-order valence-corrected chi connectivity index (χ4v) is 13.9. The van der Waals surface area contributed by atoms with Crippen LogP contribution in [0.3, 0.4) is 0 Å². The quantitative estimate of drug-likeness (QED) is 0.127. The minimum atomic E-state index is 0.845. The van der Waals surface area contributed by atoms with Gasteiger partial charge in [0, 0.05) is 60.8 Å². The maximum Gasteiger partial charge on any atom is 0.138 e. The van der Waals surface area contributed by atoms with Crippen LogP contribution >= 0.6 is 0 Å². The van der Waals surface area contributed by atoms with E-state index in [1.807, 2.05) is 0 Å². The van der Waals surface area contributed by atoms with Crippen molar-refractivity contribution >= 4 is 121 Å². The monoisotopic (exact) mass is 1110 g/mol. The summed E-state index contributed by atoms with van der Waals surface area (Å²) in [7, 11) is 0. The van der Waals surface area contributed by atoms with Crippen molar-refractivity contribution in [2.75, 3.05) is 9.80 Å². The predicted molar refractivity (Wildman–Crippen MR) is 370 cm³/mol. The molecule has 0 aliphatic carbocycles. The van der Waals surface area contributed by atoms with E-state index in [9.17, 15) is 0 Å². The van der Waals surface area contributed by atoms with Gasteiger partial charge in [0.1, 0.15) is 11.2 Å². The number of anilines is 6. The maximum absolute atomic E-state index is 7.04. The standard InChI is InChI=1S/C84H54N2O/c1-4-22-55(23-5-1)58-40-47-62(48-41-58)85(63-49-42-59(43-50-63)56-24-6-2-7-25-56)83-72-36-18-14-32-68(72)79(69-33-15-19-37-73(69)83)80-70-34-16-20-38-74(70)84(75-39-21-17-35-71(75)80)86(64-51-44-60(45-52-64)57-26-8-3-9-27-57)76-54-78-82(67-31-13-12-30-66(67)76)81-65-29-11-10-28-61(65)46-53-77(81)87-78/h1-54H. The second-order valence-electron chi connectivity index (χ2n) is 22.6. The summed E-state index contributed by atoms with van der Waals surface area (Å²) in [6.07, 6.45) is 0. The summed E-state index contributed by atoms with van der Waals surface area (Å²) in [5.41, 5.74) is 17.6. The Morgan fingerprint density at radius 1 is 0.207 bits per heavy atom. The Hall–Kier alpha value is -11.5. The highest BCUT2D eigenvalue weighted by Gasteiger charge is 2.29. The second-order valence-corrected chi connectivity index (χ2v) is 22.6. The molecule has 0 saturated heterocycles. The molecule has 0 radical (unpaired) electrons. The molecule has 87 heavy (non-hydrogen) atoms. The van der Waals surface area contributed by atoms with Crippen molar-refractivity contribution in [3.05, 3.63) is 328 Å². The Kier molecular flexibility index (Phi) is 11.9. The van der Waals surface area contributed by atoms with Crippen molar-refractivity contribution in [3.8, 4) is 44.5 Å². The van der Waals surface area contributed by atoms with Gasteiger partial charge in [-0.15, -0.1) is 0 Å². The molecule has 1 heterocycles. The van der Waals surface area contributed by atoms with E-state index in [1.54, 1.807) is 0 Å². The third-order valence-electron chi connectivity index (χ3n) is 17.8. The summed E-state index contributed by atoms with van der Waals surface area (Å²) in [6, 6.07) is 120. The van der Waals surface area contributed by atoms with Gasteiger partial charge in [-0.2, -0.15) is 0 Å². The van der Waals surface area contributed by atoms with Crippen LogP contribution in [0.15, 0.2) is 332 Å². The number of nitrogens with zero attached hydrogens (tertiary/aromatic N) is 2. The van der Waals surface area contributed by atoms with Crippen LogP contribution in [0.25, 0.3) is 131 Å². The molecule has 0 aliphatic heterocycles. The number of furan rings is 1. The first-order valence-corrected chi connectivity index (χ1v) is 29.9. The van der Waals surface area contributed by atoms with E-state index >= 15 is 0 Å². The van der Waals surface area contributed by atoms with Gasteiger partial charge in [-0.05, 0) is 125 Å². The van der Waals surface area contributed by atoms with Crippen LogP contribution < -0.4 is 9.80 Å². The Morgan fingerprint density at radius 2 is 0.517 bits per heavy atom. The van der Waals surface area contributed by atoms with Crippen molar-refractivity contribution in [1.82, 2.24) is 0 Å². The van der Waals surface area contributed by atoms with Gasteiger partial charge in [0.25, 0.3) is 0 Å². The van der Waals surface area contributed by atoms with Gasteiger partial charge in [-0.1, -0.05) is 279 Å². The molecule has 3 nitrogen and oxygen atoms in total. The number of benzene rings is 16. The first-order chi connectivity index (χ1) is 43.2. The topological polar surface area (TPSA) is 19.6 Å². The lowest BCUT2D eigenvalue weighted by Crippen LogP contribution is -2.12. The van der Waals surface area contributed by atoms with Gasteiger partial charge < -0.3 is 14.2 Å². The van der Waals surface area contributed by atoms with Gasteiger partial charge in [0.05, 0.1) is 17.1 Å². The summed E-state index contributed by atoms with van der Waals surface area (Å²) < 4.78 is 7.04. The van der Waals surface area contributed by atoms with Crippen molar-refractivity contribution in [1.29, 1.82) is 0 Å². The molecule has 0 fully saturated rings. The summed E-state index contributed by atoms with van der Waals surface area (Å²) in [4.78, 5) is 4.99. The molecule has 0 spiro atoms. The zero-order chi connectivity index (χ0) is 57.4. The van der Waals surface area contributed by atoms with E-state index in [0.29, 0.717) is 0 Å². The predicted octanol–water partition coefficient (Wildman–Crippen LogP) is 24.1. The normalized spacial score (nSPS) is 11.7. The second kappa shape index (κ2) is 20.7. The van der Waals surface area contributed by atoms with E-state index in [2.05, 4.69) is 337 Å². The van der Waals surface area contributed by atoms with Crippen LogP contribution in [0.4, 0.5) is 34.1 Å². The zero-order valence-corrected chi connectivity index (χ0v) is 47.5. The smallest absolute Gasteiger partial charge is 0.138 e. The largest absolute Gasteiger partial charge is 0.456 e. The molecule has 0 aliphatic rings. The van der Waals surface area contributed by atoms with Crippen LogP contribution in [-0.4, -0.2) is 0 Å². The molecule has 17 rings (SSSR count). The van der Waals surface area contributed by atoms with E-state index in [4.69, 9.17) is 4.42 Å². The van der Waals surface area contributed by atoms with Crippen molar-refractivity contribution in [2.24, 2.45) is 0 Å². The molecule has 0 unspecified atom stereocenters. The van der Waals surface area contributed by atoms with Crippen LogP contribution in [0.2, 0.25) is 0 Å². The third kappa shape index (κ3) is 8.27. The van der Waals surface area contributed by atoms with Gasteiger partial charge in [0.2, 0.25) is 0 Å². The third-order valence-corrected chi connectivity index (χ3v) is 17.8. The minimum absolute atomic E-state index is 0.845. The Labute approximate surface area is 504 Å². The van der Waals surface area contributed by atoms with Crippen LogP contribution in [0.1, 0.15) is 0 Å². The van der Waals surface area contributed by atoms with Crippen LogP contribution in [-0.2, 0) is 0 Å². The lowest BCUT2D eigenvalue weighted by molar-refractivity contribution is 0.669. The van der Waals surface area contributed by atoms with Gasteiger partial charge in [-0.25, -0.2) is 0 Å². The molecule has 0 atom stereocenters. The highest BCUT2D eigenvalue weighted by Crippen LogP contribution is 2.55. The summed E-state index contributed by atoms with van der Waals surface area (Å²) in [5, 5.41) is 16.1. The van der Waals surface area contributed by atoms with Crippen molar-refractivity contribution in [3.63, 3.8) is 0 Å². The summed E-state index contributed by atoms with van der Waals surface area (Å²) in [6.45, 7) is 0. The number of hydrogen-bond acceptors (Lipinski definition) is 3. The van der Waals surface area contributed by atoms with E-state index in [-0.39, 0.29) is 0 Å². The van der Waals surface area contributed by atoms with Crippen molar-refractivity contribution < 1.29 is 4.42 Å². The molecule has 17 aromatic rings. The van der Waals surface area contributed by atoms with Crippen molar-refractivity contribution in [2.45, 2.75) is 0 Å². The fourth-order valence-electron chi connectivity index (χ4n) is 13.9. The lowest BCUT2D eigenvalue weighted by atomic mass is 9.84. The molecular formula is C84H54N2O. The van der Waals surface area contributed by atoms with Gasteiger partial charge in [-0.3, -0.25) is 0 Å². The SMILES string of the molecule is c1ccc(-c2ccc(N(c3ccc(-c4ccccc4)cc3)c3c4ccccc4c(-c4c5ccccc5c(N(c5ccc(-c6ccccc6)cc5)c5cc6oc7ccc8ccccc8c7c6c6ccccc56)c5ccccc45)c4ccccc34)cc2)cc1. The Morgan fingerprint density at radius 3 is 0.943 bits per heavy atom. The summed E-state index contributed by atoms with van der Waals surface area (Å²) >= 11 is 0. The molecule has 0 amide bonds. The molecule has 0 saturated carbocycles. The summed E-state index contributed by atoms with van der Waals surface area (Å²) in [5.74, 6) is 0. The highest BCUT2D eigenvalue weighted by atomic mass is 16.3. The minimum Gasteiger partial charge on any atom is -0.456 e. The first-order valence-electron chi connectivity index (χ1n) is 29.9. The fraction of sp³-hybridized carbons (Fsp3) is 0. The maximum atomic E-state index is 7.04. The average molecular weight is 1110 g/mol. The van der Waals surface area contributed by atoms with E-state index in [1.165, 1.54) is 60.5 Å². The molecule has 0 bridgehead atoms. The number of rotatable bonds is 10. The molecule has 1 aromatic heterocycles. The number of hydrogen-bond donors (Lipinski definition) is 0. The van der Waals surface area contributed by atoms with Crippen LogP contribution in [0, 0.1) is 0 Å². The zero-order valence-electron chi connectivity index (χ0n) is 47.5. The lowest BCUT2D eigenvalue weighted by Gasteiger charge is -2.32. The molecule has 406 valence electrons. The molecular weight excluding hydrogens is 1050 g/mol.